The number of rotatable bonds is 6. The van der Waals surface area contributed by atoms with Crippen molar-refractivity contribution >= 4 is 21.6 Å². The fraction of sp³-hybridized carbons (Fsp3) is 0.381. The van der Waals surface area contributed by atoms with E-state index in [-0.39, 0.29) is 16.6 Å². The molecule has 0 unspecified atom stereocenters. The van der Waals surface area contributed by atoms with E-state index in [1.165, 1.54) is 24.5 Å². The van der Waals surface area contributed by atoms with Crippen LogP contribution in [-0.4, -0.2) is 63.8 Å². The minimum absolute atomic E-state index is 0.0585. The highest BCUT2D eigenvalue weighted by Crippen LogP contribution is 2.21. The molecule has 1 aliphatic rings. The summed E-state index contributed by atoms with van der Waals surface area (Å²) in [6.45, 7) is 2.33. The number of anilines is 1. The molecule has 2 aromatic rings. The molecule has 1 fully saturated rings. The molecule has 0 spiro atoms. The van der Waals surface area contributed by atoms with Gasteiger partial charge in [0.15, 0.2) is 0 Å². The second-order valence-corrected chi connectivity index (χ2v) is 9.40. The van der Waals surface area contributed by atoms with Gasteiger partial charge in [0.1, 0.15) is 5.82 Å². The third-order valence-electron chi connectivity index (χ3n) is 5.15. The Morgan fingerprint density at radius 2 is 1.62 bits per heavy atom. The third-order valence-corrected chi connectivity index (χ3v) is 6.98. The minimum atomic E-state index is -3.45. The Hall–Kier alpha value is -2.45. The van der Waals surface area contributed by atoms with Gasteiger partial charge >= 0.3 is 0 Å². The number of aryl methyl sites for hydroxylation is 1. The number of benzene rings is 2. The molecular formula is C21H26FN3O3S. The molecule has 1 heterocycles. The van der Waals surface area contributed by atoms with Crippen molar-refractivity contribution in [2.75, 3.05) is 45.2 Å². The average molecular weight is 420 g/mol. The van der Waals surface area contributed by atoms with Crippen molar-refractivity contribution in [2.45, 2.75) is 17.7 Å². The van der Waals surface area contributed by atoms with Crippen LogP contribution < -0.4 is 4.90 Å². The summed E-state index contributed by atoms with van der Waals surface area (Å²) in [6.07, 6.45) is 0.911. The molecule has 0 aliphatic carbocycles. The smallest absolute Gasteiger partial charge is 0.242 e. The molecular weight excluding hydrogens is 393 g/mol. The molecule has 3 rings (SSSR count). The molecule has 8 heteroatoms. The molecule has 2 aromatic carbocycles. The molecule has 0 atom stereocenters. The van der Waals surface area contributed by atoms with Gasteiger partial charge in [0, 0.05) is 46.7 Å². The molecule has 156 valence electrons. The molecule has 6 nitrogen and oxygen atoms in total. The lowest BCUT2D eigenvalue weighted by Crippen LogP contribution is -2.49. The minimum Gasteiger partial charge on any atom is -0.366 e. The fourth-order valence-corrected chi connectivity index (χ4v) is 4.25. The van der Waals surface area contributed by atoms with Crippen molar-refractivity contribution in [1.82, 2.24) is 9.21 Å². The van der Waals surface area contributed by atoms with Crippen LogP contribution in [0.1, 0.15) is 12.0 Å². The van der Waals surface area contributed by atoms with Crippen molar-refractivity contribution in [3.63, 3.8) is 0 Å². The van der Waals surface area contributed by atoms with Crippen molar-refractivity contribution < 1.29 is 17.6 Å². The molecule has 0 aromatic heterocycles. The summed E-state index contributed by atoms with van der Waals surface area (Å²) < 4.78 is 39.3. The molecule has 0 saturated carbocycles. The summed E-state index contributed by atoms with van der Waals surface area (Å²) >= 11 is 0. The largest absolute Gasteiger partial charge is 0.366 e. The average Bonchev–Trinajstić information content (AvgIpc) is 2.72. The van der Waals surface area contributed by atoms with Gasteiger partial charge in [-0.1, -0.05) is 24.3 Å². The van der Waals surface area contributed by atoms with E-state index >= 15 is 0 Å². The van der Waals surface area contributed by atoms with Gasteiger partial charge in [-0.3, -0.25) is 4.79 Å². The van der Waals surface area contributed by atoms with Crippen LogP contribution in [0.3, 0.4) is 0 Å². The summed E-state index contributed by atoms with van der Waals surface area (Å²) in [5.41, 5.74) is 1.49. The standard InChI is InChI=1S/C21H26FN3O3S/c1-23(2)29(27,28)18-10-7-17(8-11-18)9-12-21(26)25-15-13-24(14-16-25)20-6-4-3-5-19(20)22/h3-8,10-11H,9,12-16H2,1-2H3. The van der Waals surface area contributed by atoms with E-state index in [0.29, 0.717) is 44.7 Å². The molecule has 0 bridgehead atoms. The number of para-hydroxylation sites is 1. The van der Waals surface area contributed by atoms with Gasteiger partial charge in [-0.25, -0.2) is 17.1 Å². The Balaban J connectivity index is 1.51. The molecule has 1 aliphatic heterocycles. The van der Waals surface area contributed by atoms with Crippen LogP contribution in [0.2, 0.25) is 0 Å². The first-order valence-corrected chi connectivity index (χ1v) is 11.0. The summed E-state index contributed by atoms with van der Waals surface area (Å²) in [4.78, 5) is 16.5. The van der Waals surface area contributed by atoms with E-state index in [2.05, 4.69) is 0 Å². The highest BCUT2D eigenvalue weighted by atomic mass is 32.2. The maximum absolute atomic E-state index is 13.9. The van der Waals surface area contributed by atoms with Crippen LogP contribution in [0.5, 0.6) is 0 Å². The normalized spacial score (nSPS) is 15.0. The van der Waals surface area contributed by atoms with Crippen LogP contribution >= 0.6 is 0 Å². The van der Waals surface area contributed by atoms with Crippen LogP contribution in [0.25, 0.3) is 0 Å². The van der Waals surface area contributed by atoms with E-state index in [4.69, 9.17) is 0 Å². The Morgan fingerprint density at radius 3 is 2.21 bits per heavy atom. The number of hydrogen-bond donors (Lipinski definition) is 0. The summed E-state index contributed by atoms with van der Waals surface area (Å²) in [6, 6.07) is 13.3. The van der Waals surface area contributed by atoms with Crippen molar-refractivity contribution in [3.8, 4) is 0 Å². The number of carbonyl (C=O) groups excluding carboxylic acids is 1. The summed E-state index contributed by atoms with van der Waals surface area (Å²) in [7, 11) is -0.459. The highest BCUT2D eigenvalue weighted by Gasteiger charge is 2.22. The van der Waals surface area contributed by atoms with Gasteiger partial charge in [-0.15, -0.1) is 0 Å². The molecule has 29 heavy (non-hydrogen) atoms. The van der Waals surface area contributed by atoms with Gasteiger partial charge < -0.3 is 9.80 Å². The number of piperazine rings is 1. The van der Waals surface area contributed by atoms with Gasteiger partial charge in [-0.05, 0) is 36.2 Å². The van der Waals surface area contributed by atoms with Gasteiger partial charge in [0.05, 0.1) is 10.6 Å². The zero-order valence-corrected chi connectivity index (χ0v) is 17.5. The van der Waals surface area contributed by atoms with Gasteiger partial charge in [0.2, 0.25) is 15.9 Å². The van der Waals surface area contributed by atoms with Gasteiger partial charge in [-0.2, -0.15) is 0 Å². The first kappa shape index (κ1) is 21.3. The molecule has 1 amide bonds. The maximum Gasteiger partial charge on any atom is 0.242 e. The first-order chi connectivity index (χ1) is 13.8. The van der Waals surface area contributed by atoms with Crippen LogP contribution in [-0.2, 0) is 21.2 Å². The molecule has 1 saturated heterocycles. The van der Waals surface area contributed by atoms with E-state index in [9.17, 15) is 17.6 Å². The van der Waals surface area contributed by atoms with Crippen LogP contribution in [0.4, 0.5) is 10.1 Å². The zero-order valence-electron chi connectivity index (χ0n) is 16.7. The zero-order chi connectivity index (χ0) is 21.0. The third kappa shape index (κ3) is 4.94. The maximum atomic E-state index is 13.9. The van der Waals surface area contributed by atoms with Crippen LogP contribution in [0.15, 0.2) is 53.4 Å². The van der Waals surface area contributed by atoms with E-state index in [0.717, 1.165) is 5.56 Å². The fourth-order valence-electron chi connectivity index (χ4n) is 3.35. The Morgan fingerprint density at radius 1 is 1.00 bits per heavy atom. The van der Waals surface area contributed by atoms with Crippen molar-refractivity contribution in [1.29, 1.82) is 0 Å². The second-order valence-electron chi connectivity index (χ2n) is 7.25. The van der Waals surface area contributed by atoms with E-state index in [1.54, 1.807) is 36.4 Å². The summed E-state index contributed by atoms with van der Waals surface area (Å²) in [5, 5.41) is 0. The highest BCUT2D eigenvalue weighted by molar-refractivity contribution is 7.89. The second kappa shape index (κ2) is 8.92. The summed E-state index contributed by atoms with van der Waals surface area (Å²) in [5.74, 6) is -0.185. The Bertz CT molecular complexity index is 953. The number of halogens is 1. The van der Waals surface area contributed by atoms with Crippen LogP contribution in [0, 0.1) is 5.82 Å². The Labute approximate surface area is 171 Å². The SMILES string of the molecule is CN(C)S(=O)(=O)c1ccc(CCC(=O)N2CCN(c3ccccc3F)CC2)cc1. The number of nitrogens with zero attached hydrogens (tertiary/aromatic N) is 3. The number of amides is 1. The van der Waals surface area contributed by atoms with Crippen molar-refractivity contribution in [2.24, 2.45) is 0 Å². The quantitative estimate of drug-likeness (QED) is 0.721. The number of hydrogen-bond acceptors (Lipinski definition) is 4. The van der Waals surface area contributed by atoms with Gasteiger partial charge in [0.25, 0.3) is 0 Å². The topological polar surface area (TPSA) is 60.9 Å². The molecule has 0 N–H and O–H groups in total. The predicted molar refractivity (Wildman–Crippen MR) is 111 cm³/mol. The Kier molecular flexibility index (Phi) is 6.54. The van der Waals surface area contributed by atoms with E-state index in [1.807, 2.05) is 15.9 Å². The lowest BCUT2D eigenvalue weighted by Gasteiger charge is -2.36. The lowest BCUT2D eigenvalue weighted by atomic mass is 10.1. The predicted octanol–water partition coefficient (Wildman–Crippen LogP) is 2.36. The number of sulfonamides is 1. The number of carbonyl (C=O) groups is 1. The monoisotopic (exact) mass is 419 g/mol. The van der Waals surface area contributed by atoms with Crippen molar-refractivity contribution in [3.05, 3.63) is 59.9 Å². The first-order valence-electron chi connectivity index (χ1n) is 9.58. The molecule has 0 radical (unpaired) electrons. The van der Waals surface area contributed by atoms with E-state index < -0.39 is 10.0 Å². The lowest BCUT2D eigenvalue weighted by molar-refractivity contribution is -0.131.